The van der Waals surface area contributed by atoms with E-state index in [4.69, 9.17) is 34.8 Å². The monoisotopic (exact) mass is 341 g/mol. The van der Waals surface area contributed by atoms with Gasteiger partial charge in [0.25, 0.3) is 0 Å². The molecule has 0 heterocycles. The summed E-state index contributed by atoms with van der Waals surface area (Å²) in [7, 11) is 0. The molecule has 0 radical (unpaired) electrons. The predicted octanol–water partition coefficient (Wildman–Crippen LogP) is 6.04. The van der Waals surface area contributed by atoms with Crippen LogP contribution in [0, 0.1) is 6.92 Å². The van der Waals surface area contributed by atoms with Crippen molar-refractivity contribution in [1.82, 2.24) is 5.32 Å². The second-order valence-corrected chi connectivity index (χ2v) is 6.23. The highest BCUT2D eigenvalue weighted by Gasteiger charge is 2.18. The predicted molar refractivity (Wildman–Crippen MR) is 92.8 cm³/mol. The molecule has 0 bridgehead atoms. The van der Waals surface area contributed by atoms with Crippen LogP contribution in [0.2, 0.25) is 15.1 Å². The highest BCUT2D eigenvalue weighted by atomic mass is 35.5. The fraction of sp³-hybridized carbons (Fsp3) is 0.294. The Morgan fingerprint density at radius 1 is 1.05 bits per heavy atom. The number of rotatable bonds is 5. The molecule has 0 saturated carbocycles. The molecule has 2 aromatic carbocycles. The van der Waals surface area contributed by atoms with E-state index in [0.717, 1.165) is 34.7 Å². The average molecular weight is 343 g/mol. The highest BCUT2D eigenvalue weighted by molar-refractivity contribution is 6.42. The molecule has 0 aliphatic carbocycles. The van der Waals surface area contributed by atoms with Crippen LogP contribution in [0.15, 0.2) is 36.4 Å². The van der Waals surface area contributed by atoms with Crippen LogP contribution in [-0.2, 0) is 0 Å². The second-order valence-electron chi connectivity index (χ2n) is 5.04. The van der Waals surface area contributed by atoms with E-state index in [1.54, 1.807) is 6.07 Å². The lowest BCUT2D eigenvalue weighted by Gasteiger charge is -2.22. The van der Waals surface area contributed by atoms with E-state index in [1.807, 2.05) is 31.2 Å². The Balaban J connectivity index is 2.47. The Labute approximate surface area is 141 Å². The van der Waals surface area contributed by atoms with Crippen LogP contribution in [0.4, 0.5) is 0 Å². The molecule has 4 heteroatoms. The van der Waals surface area contributed by atoms with Crippen LogP contribution in [0.5, 0.6) is 0 Å². The molecule has 2 aromatic rings. The van der Waals surface area contributed by atoms with Crippen molar-refractivity contribution in [2.75, 3.05) is 6.54 Å². The van der Waals surface area contributed by atoms with Gasteiger partial charge in [0.2, 0.25) is 0 Å². The maximum Gasteiger partial charge on any atom is 0.0643 e. The third-order valence-corrected chi connectivity index (χ3v) is 4.66. The summed E-state index contributed by atoms with van der Waals surface area (Å²) in [5.74, 6) is 0. The first kappa shape index (κ1) is 16.6. The molecule has 1 nitrogen and oxygen atoms in total. The van der Waals surface area contributed by atoms with E-state index in [2.05, 4.69) is 18.3 Å². The van der Waals surface area contributed by atoms with Crippen molar-refractivity contribution in [2.24, 2.45) is 0 Å². The van der Waals surface area contributed by atoms with Gasteiger partial charge < -0.3 is 5.32 Å². The Kier molecular flexibility index (Phi) is 5.95. The minimum atomic E-state index is -0.0192. The standard InChI is InChI=1S/C17H18Cl3N/c1-3-9-21-17(12-8-7-11(2)15(19)10-12)13-5-4-6-14(18)16(13)20/h4-8,10,17,21H,3,9H2,1-2H3. The lowest BCUT2D eigenvalue weighted by molar-refractivity contribution is 0.598. The first-order valence-electron chi connectivity index (χ1n) is 6.98. The van der Waals surface area contributed by atoms with Gasteiger partial charge in [-0.1, -0.05) is 66.0 Å². The Bertz CT molecular complexity index is 625. The molecule has 0 amide bonds. The van der Waals surface area contributed by atoms with Crippen molar-refractivity contribution >= 4 is 34.8 Å². The van der Waals surface area contributed by atoms with E-state index < -0.39 is 0 Å². The fourth-order valence-electron chi connectivity index (χ4n) is 2.23. The number of benzene rings is 2. The van der Waals surface area contributed by atoms with Crippen LogP contribution in [0.3, 0.4) is 0 Å². The topological polar surface area (TPSA) is 12.0 Å². The van der Waals surface area contributed by atoms with Gasteiger partial charge in [-0.3, -0.25) is 0 Å². The molecule has 0 aromatic heterocycles. The summed E-state index contributed by atoms with van der Waals surface area (Å²) in [6.07, 6.45) is 1.04. The number of halogens is 3. The van der Waals surface area contributed by atoms with Gasteiger partial charge in [-0.15, -0.1) is 0 Å². The summed E-state index contributed by atoms with van der Waals surface area (Å²) >= 11 is 18.8. The highest BCUT2D eigenvalue weighted by Crippen LogP contribution is 2.34. The summed E-state index contributed by atoms with van der Waals surface area (Å²) in [6, 6.07) is 11.8. The molecular formula is C17H18Cl3N. The van der Waals surface area contributed by atoms with Gasteiger partial charge in [0.15, 0.2) is 0 Å². The normalized spacial score (nSPS) is 12.4. The molecule has 0 spiro atoms. The molecule has 2 rings (SSSR count). The molecule has 0 saturated heterocycles. The van der Waals surface area contributed by atoms with Gasteiger partial charge in [-0.2, -0.15) is 0 Å². The third kappa shape index (κ3) is 3.92. The van der Waals surface area contributed by atoms with E-state index in [9.17, 15) is 0 Å². The van der Waals surface area contributed by atoms with Crippen molar-refractivity contribution in [3.63, 3.8) is 0 Å². The van der Waals surface area contributed by atoms with Crippen molar-refractivity contribution in [3.8, 4) is 0 Å². The Hall–Kier alpha value is -0.730. The van der Waals surface area contributed by atoms with E-state index in [0.29, 0.717) is 10.0 Å². The van der Waals surface area contributed by atoms with Crippen molar-refractivity contribution in [1.29, 1.82) is 0 Å². The minimum absolute atomic E-state index is 0.0192. The van der Waals surface area contributed by atoms with E-state index >= 15 is 0 Å². The van der Waals surface area contributed by atoms with Crippen molar-refractivity contribution in [3.05, 3.63) is 68.2 Å². The molecule has 0 aliphatic heterocycles. The SMILES string of the molecule is CCCNC(c1ccc(C)c(Cl)c1)c1cccc(Cl)c1Cl. The van der Waals surface area contributed by atoms with Crippen LogP contribution >= 0.6 is 34.8 Å². The van der Waals surface area contributed by atoms with Gasteiger partial charge in [0.05, 0.1) is 16.1 Å². The maximum absolute atomic E-state index is 6.38. The van der Waals surface area contributed by atoms with E-state index in [1.165, 1.54) is 0 Å². The zero-order chi connectivity index (χ0) is 15.4. The molecule has 1 unspecified atom stereocenters. The molecule has 112 valence electrons. The quantitative estimate of drug-likeness (QED) is 0.698. The van der Waals surface area contributed by atoms with Crippen LogP contribution < -0.4 is 5.32 Å². The summed E-state index contributed by atoms with van der Waals surface area (Å²) in [6.45, 7) is 5.01. The van der Waals surface area contributed by atoms with Crippen LogP contribution in [-0.4, -0.2) is 6.54 Å². The first-order valence-corrected chi connectivity index (χ1v) is 8.11. The smallest absolute Gasteiger partial charge is 0.0643 e. The van der Waals surface area contributed by atoms with Crippen molar-refractivity contribution in [2.45, 2.75) is 26.3 Å². The third-order valence-electron chi connectivity index (χ3n) is 3.42. The lowest BCUT2D eigenvalue weighted by atomic mass is 9.97. The zero-order valence-corrected chi connectivity index (χ0v) is 14.4. The average Bonchev–Trinajstić information content (AvgIpc) is 2.47. The summed E-state index contributed by atoms with van der Waals surface area (Å²) in [4.78, 5) is 0. The Morgan fingerprint density at radius 2 is 1.81 bits per heavy atom. The van der Waals surface area contributed by atoms with Gasteiger partial charge >= 0.3 is 0 Å². The maximum atomic E-state index is 6.38. The number of hydrogen-bond acceptors (Lipinski definition) is 1. The van der Waals surface area contributed by atoms with Gasteiger partial charge in [0, 0.05) is 5.02 Å². The summed E-state index contributed by atoms with van der Waals surface area (Å²) in [5.41, 5.74) is 3.12. The fourth-order valence-corrected chi connectivity index (χ4v) is 2.83. The first-order chi connectivity index (χ1) is 10.0. The van der Waals surface area contributed by atoms with Crippen molar-refractivity contribution < 1.29 is 0 Å². The zero-order valence-electron chi connectivity index (χ0n) is 12.1. The molecule has 1 N–H and O–H groups in total. The molecule has 0 fully saturated rings. The molecule has 0 aliphatic rings. The Morgan fingerprint density at radius 3 is 2.48 bits per heavy atom. The second kappa shape index (κ2) is 7.51. The molecule has 1 atom stereocenters. The lowest BCUT2D eigenvalue weighted by Crippen LogP contribution is -2.23. The van der Waals surface area contributed by atoms with E-state index in [-0.39, 0.29) is 6.04 Å². The summed E-state index contributed by atoms with van der Waals surface area (Å²) in [5, 5.41) is 5.43. The van der Waals surface area contributed by atoms with Gasteiger partial charge in [-0.05, 0) is 48.7 Å². The molecule has 21 heavy (non-hydrogen) atoms. The number of nitrogens with one attached hydrogen (secondary N) is 1. The van der Waals surface area contributed by atoms with Gasteiger partial charge in [0.1, 0.15) is 0 Å². The summed E-state index contributed by atoms with van der Waals surface area (Å²) < 4.78 is 0. The minimum Gasteiger partial charge on any atom is -0.306 e. The van der Waals surface area contributed by atoms with Gasteiger partial charge in [-0.25, -0.2) is 0 Å². The van der Waals surface area contributed by atoms with Crippen LogP contribution in [0.25, 0.3) is 0 Å². The molecular weight excluding hydrogens is 325 g/mol. The van der Waals surface area contributed by atoms with Crippen LogP contribution in [0.1, 0.15) is 36.1 Å². The number of hydrogen-bond donors (Lipinski definition) is 1. The largest absolute Gasteiger partial charge is 0.306 e. The number of aryl methyl sites for hydroxylation is 1.